The first-order chi connectivity index (χ1) is 10.0. The van der Waals surface area contributed by atoms with Crippen LogP contribution in [0.3, 0.4) is 0 Å². The van der Waals surface area contributed by atoms with Crippen molar-refractivity contribution in [2.45, 2.75) is 18.6 Å². The third-order valence-corrected chi connectivity index (χ3v) is 4.49. The van der Waals surface area contributed by atoms with Crippen LogP contribution in [0, 0.1) is 5.82 Å². The summed E-state index contributed by atoms with van der Waals surface area (Å²) in [6.45, 7) is 2.11. The average molecular weight is 359 g/mol. The van der Waals surface area contributed by atoms with Gasteiger partial charge >= 0.3 is 0 Å². The molecule has 2 N–H and O–H groups in total. The highest BCUT2D eigenvalue weighted by Gasteiger charge is 2.42. The van der Waals surface area contributed by atoms with Gasteiger partial charge in [0.1, 0.15) is 5.82 Å². The number of rotatable bonds is 1. The van der Waals surface area contributed by atoms with Crippen LogP contribution < -0.4 is 5.73 Å². The van der Waals surface area contributed by atoms with Crippen LogP contribution in [0.4, 0.5) is 10.1 Å². The second kappa shape index (κ2) is 5.55. The predicted molar refractivity (Wildman–Crippen MR) is 78.3 cm³/mol. The van der Waals surface area contributed by atoms with Crippen molar-refractivity contribution in [1.82, 2.24) is 4.90 Å². The Morgan fingerprint density at radius 3 is 2.81 bits per heavy atom. The van der Waals surface area contributed by atoms with Gasteiger partial charge in [0.2, 0.25) is 0 Å². The van der Waals surface area contributed by atoms with Crippen molar-refractivity contribution in [3.8, 4) is 0 Å². The van der Waals surface area contributed by atoms with Crippen LogP contribution in [0.15, 0.2) is 16.6 Å². The standard InChI is InChI=1S/C14H16BrFN2O3/c15-10-7-11(16)12(17)6-9(10)13(19)18-3-1-2-14(8-18)20-4-5-21-14/h6-7H,1-5,8,17H2. The summed E-state index contributed by atoms with van der Waals surface area (Å²) in [6.07, 6.45) is 1.59. The van der Waals surface area contributed by atoms with E-state index in [2.05, 4.69) is 15.9 Å². The van der Waals surface area contributed by atoms with Crippen LogP contribution in [0.1, 0.15) is 23.2 Å². The van der Waals surface area contributed by atoms with E-state index < -0.39 is 11.6 Å². The normalized spacial score (nSPS) is 21.0. The molecule has 1 aromatic carbocycles. The molecule has 114 valence electrons. The van der Waals surface area contributed by atoms with Crippen LogP contribution in [0.5, 0.6) is 0 Å². The number of amides is 1. The largest absolute Gasteiger partial charge is 0.396 e. The molecule has 2 aliphatic rings. The Morgan fingerprint density at radius 1 is 1.38 bits per heavy atom. The van der Waals surface area contributed by atoms with Gasteiger partial charge in [-0.2, -0.15) is 0 Å². The molecule has 5 nitrogen and oxygen atoms in total. The highest BCUT2D eigenvalue weighted by atomic mass is 79.9. The van der Waals surface area contributed by atoms with Crippen molar-refractivity contribution in [1.29, 1.82) is 0 Å². The summed E-state index contributed by atoms with van der Waals surface area (Å²) in [7, 11) is 0. The molecule has 2 saturated heterocycles. The van der Waals surface area contributed by atoms with Gasteiger partial charge in [0.15, 0.2) is 5.79 Å². The second-order valence-electron chi connectivity index (χ2n) is 5.29. The van der Waals surface area contributed by atoms with Gasteiger partial charge in [-0.3, -0.25) is 4.79 Å². The molecular weight excluding hydrogens is 343 g/mol. The van der Waals surface area contributed by atoms with E-state index in [0.717, 1.165) is 12.8 Å². The van der Waals surface area contributed by atoms with Gasteiger partial charge in [-0.25, -0.2) is 4.39 Å². The summed E-state index contributed by atoms with van der Waals surface area (Å²) < 4.78 is 25.1. The number of nitrogens with two attached hydrogens (primary N) is 1. The fourth-order valence-corrected chi connectivity index (χ4v) is 3.28. The van der Waals surface area contributed by atoms with Gasteiger partial charge in [0, 0.05) is 17.4 Å². The number of hydrogen-bond donors (Lipinski definition) is 1. The lowest BCUT2D eigenvalue weighted by Gasteiger charge is -2.38. The number of anilines is 1. The molecule has 1 spiro atoms. The summed E-state index contributed by atoms with van der Waals surface area (Å²) in [5, 5.41) is 0. The van der Waals surface area contributed by atoms with Crippen LogP contribution in [-0.2, 0) is 9.47 Å². The lowest BCUT2D eigenvalue weighted by molar-refractivity contribution is -0.183. The molecule has 0 bridgehead atoms. The molecule has 3 rings (SSSR count). The second-order valence-corrected chi connectivity index (χ2v) is 6.15. The molecule has 0 aromatic heterocycles. The number of carbonyl (C=O) groups excluding carboxylic acids is 1. The van der Waals surface area contributed by atoms with Crippen molar-refractivity contribution in [2.75, 3.05) is 32.0 Å². The molecule has 0 radical (unpaired) electrons. The summed E-state index contributed by atoms with van der Waals surface area (Å²) in [5.74, 6) is -1.42. The molecule has 0 unspecified atom stereocenters. The monoisotopic (exact) mass is 358 g/mol. The average Bonchev–Trinajstić information content (AvgIpc) is 2.90. The molecular formula is C14H16BrFN2O3. The van der Waals surface area contributed by atoms with Crippen molar-refractivity contribution in [3.63, 3.8) is 0 Å². The minimum absolute atomic E-state index is 0.0401. The number of ether oxygens (including phenoxy) is 2. The Labute approximate surface area is 130 Å². The maximum absolute atomic E-state index is 13.4. The summed E-state index contributed by atoms with van der Waals surface area (Å²) in [6, 6.07) is 2.57. The zero-order valence-corrected chi connectivity index (χ0v) is 13.0. The van der Waals surface area contributed by atoms with Gasteiger partial charge < -0.3 is 20.1 Å². The van der Waals surface area contributed by atoms with Crippen LogP contribution in [0.2, 0.25) is 0 Å². The van der Waals surface area contributed by atoms with Crippen LogP contribution >= 0.6 is 15.9 Å². The Kier molecular flexibility index (Phi) is 3.90. The van der Waals surface area contributed by atoms with Crippen molar-refractivity contribution in [2.24, 2.45) is 0 Å². The fraction of sp³-hybridized carbons (Fsp3) is 0.500. The van der Waals surface area contributed by atoms with Crippen molar-refractivity contribution < 1.29 is 18.7 Å². The maximum Gasteiger partial charge on any atom is 0.255 e. The van der Waals surface area contributed by atoms with E-state index in [1.165, 1.54) is 12.1 Å². The third kappa shape index (κ3) is 2.77. The molecule has 2 aliphatic heterocycles. The Balaban J connectivity index is 1.83. The van der Waals surface area contributed by atoms with Crippen molar-refractivity contribution in [3.05, 3.63) is 28.0 Å². The van der Waals surface area contributed by atoms with Gasteiger partial charge in [0.25, 0.3) is 5.91 Å². The summed E-state index contributed by atoms with van der Waals surface area (Å²) in [4.78, 5) is 14.3. The minimum Gasteiger partial charge on any atom is -0.396 e. The van der Waals surface area contributed by atoms with E-state index in [0.29, 0.717) is 36.3 Å². The lowest BCUT2D eigenvalue weighted by Crippen LogP contribution is -2.51. The summed E-state index contributed by atoms with van der Waals surface area (Å²) in [5.41, 5.74) is 5.87. The smallest absolute Gasteiger partial charge is 0.255 e. The highest BCUT2D eigenvalue weighted by molar-refractivity contribution is 9.10. The van der Waals surface area contributed by atoms with Gasteiger partial charge in [-0.1, -0.05) is 0 Å². The van der Waals surface area contributed by atoms with Crippen molar-refractivity contribution >= 4 is 27.5 Å². The van der Waals surface area contributed by atoms with E-state index in [-0.39, 0.29) is 11.6 Å². The molecule has 0 aliphatic carbocycles. The number of nitrogens with zero attached hydrogens (tertiary/aromatic N) is 1. The van der Waals surface area contributed by atoms with Gasteiger partial charge in [-0.15, -0.1) is 0 Å². The highest BCUT2D eigenvalue weighted by Crippen LogP contribution is 2.32. The first kappa shape index (κ1) is 14.7. The Bertz CT molecular complexity index is 576. The SMILES string of the molecule is Nc1cc(C(=O)N2CCCC3(C2)OCCO3)c(Br)cc1F. The molecule has 7 heteroatoms. The molecule has 2 heterocycles. The minimum atomic E-state index is -0.675. The van der Waals surface area contributed by atoms with Crippen LogP contribution in [-0.4, -0.2) is 42.9 Å². The number of hydrogen-bond acceptors (Lipinski definition) is 4. The molecule has 0 atom stereocenters. The number of piperidine rings is 1. The molecule has 21 heavy (non-hydrogen) atoms. The summed E-state index contributed by atoms with van der Waals surface area (Å²) >= 11 is 3.22. The first-order valence-corrected chi connectivity index (χ1v) is 7.62. The number of benzene rings is 1. The Hall–Kier alpha value is -1.18. The Morgan fingerprint density at radius 2 is 2.10 bits per heavy atom. The maximum atomic E-state index is 13.4. The first-order valence-electron chi connectivity index (χ1n) is 6.82. The molecule has 2 fully saturated rings. The van der Waals surface area contributed by atoms with E-state index in [4.69, 9.17) is 15.2 Å². The number of halogens is 2. The lowest BCUT2D eigenvalue weighted by atomic mass is 10.0. The predicted octanol–water partition coefficient (Wildman–Crippen LogP) is 2.15. The van der Waals surface area contributed by atoms with Gasteiger partial charge in [-0.05, 0) is 34.5 Å². The molecule has 0 saturated carbocycles. The van der Waals surface area contributed by atoms with E-state index in [9.17, 15) is 9.18 Å². The molecule has 1 amide bonds. The zero-order chi connectivity index (χ0) is 15.0. The molecule has 1 aromatic rings. The number of nitrogen functional groups attached to an aromatic ring is 1. The van der Waals surface area contributed by atoms with E-state index in [1.54, 1.807) is 4.90 Å². The third-order valence-electron chi connectivity index (χ3n) is 3.84. The fourth-order valence-electron chi connectivity index (χ4n) is 2.79. The van der Waals surface area contributed by atoms with Gasteiger partial charge in [0.05, 0.1) is 31.0 Å². The number of carbonyl (C=O) groups is 1. The zero-order valence-electron chi connectivity index (χ0n) is 11.4. The quantitative estimate of drug-likeness (QED) is 0.781. The van der Waals surface area contributed by atoms with E-state index in [1.807, 2.05) is 0 Å². The van der Waals surface area contributed by atoms with E-state index >= 15 is 0 Å². The topological polar surface area (TPSA) is 64.8 Å². The van der Waals surface area contributed by atoms with Crippen LogP contribution in [0.25, 0.3) is 0 Å². The number of likely N-dealkylation sites (tertiary alicyclic amines) is 1.